The van der Waals surface area contributed by atoms with E-state index >= 15 is 0 Å². The number of hydrogen-bond donors (Lipinski definition) is 1. The monoisotopic (exact) mass is 349 g/mol. The van der Waals surface area contributed by atoms with Crippen LogP contribution in [0.3, 0.4) is 0 Å². The van der Waals surface area contributed by atoms with Crippen LogP contribution in [0.1, 0.15) is 27.0 Å². The number of rotatable bonds is 4. The average molecular weight is 349 g/mol. The molecule has 0 unspecified atom stereocenters. The van der Waals surface area contributed by atoms with Crippen molar-refractivity contribution >= 4 is 23.5 Å². The highest BCUT2D eigenvalue weighted by atomic mass is 32.2. The Hall–Kier alpha value is -2.66. The highest BCUT2D eigenvalue weighted by molar-refractivity contribution is 7.99. The first-order valence-electron chi connectivity index (χ1n) is 7.97. The first kappa shape index (κ1) is 17.2. The molecule has 4 nitrogen and oxygen atoms in total. The number of anilines is 1. The first-order valence-corrected chi connectivity index (χ1v) is 8.79. The van der Waals surface area contributed by atoms with Crippen LogP contribution in [0.25, 0.3) is 0 Å². The van der Waals surface area contributed by atoms with Crippen molar-refractivity contribution in [2.45, 2.75) is 30.7 Å². The Balaban J connectivity index is 1.85. The smallest absolute Gasteiger partial charge is 0.259 e. The molecule has 3 aromatic rings. The molecule has 0 aliphatic heterocycles. The van der Waals surface area contributed by atoms with Gasteiger partial charge in [0, 0.05) is 17.3 Å². The number of carbonyl (C=O) groups is 1. The summed E-state index contributed by atoms with van der Waals surface area (Å²) in [4.78, 5) is 22.4. The second-order valence-electron chi connectivity index (χ2n) is 5.90. The molecule has 1 amide bonds. The zero-order valence-corrected chi connectivity index (χ0v) is 15.2. The Morgan fingerprint density at radius 3 is 2.52 bits per heavy atom. The van der Waals surface area contributed by atoms with Crippen LogP contribution in [0.2, 0.25) is 0 Å². The molecule has 0 fully saturated rings. The molecule has 0 atom stereocenters. The zero-order chi connectivity index (χ0) is 17.8. The van der Waals surface area contributed by atoms with Gasteiger partial charge in [-0.3, -0.25) is 4.79 Å². The Morgan fingerprint density at radius 2 is 1.80 bits per heavy atom. The summed E-state index contributed by atoms with van der Waals surface area (Å²) in [7, 11) is 0. The normalized spacial score (nSPS) is 10.5. The van der Waals surface area contributed by atoms with Crippen LogP contribution < -0.4 is 5.32 Å². The summed E-state index contributed by atoms with van der Waals surface area (Å²) in [6.45, 7) is 6.09. The third kappa shape index (κ3) is 4.25. The highest BCUT2D eigenvalue weighted by Gasteiger charge is 2.15. The minimum absolute atomic E-state index is 0.211. The highest BCUT2D eigenvalue weighted by Crippen LogP contribution is 2.31. The maximum atomic E-state index is 12.6. The summed E-state index contributed by atoms with van der Waals surface area (Å²) in [5.41, 5.74) is 3.97. The number of nitrogens with zero attached hydrogens (tertiary/aromatic N) is 2. The zero-order valence-electron chi connectivity index (χ0n) is 14.4. The molecule has 2 aromatic heterocycles. The van der Waals surface area contributed by atoms with Crippen molar-refractivity contribution in [3.05, 3.63) is 77.1 Å². The number of pyridine rings is 2. The van der Waals surface area contributed by atoms with Gasteiger partial charge >= 0.3 is 0 Å². The molecule has 0 radical (unpaired) electrons. The van der Waals surface area contributed by atoms with E-state index in [1.54, 1.807) is 30.6 Å². The SMILES string of the molecule is Cc1ccc(NC(=O)c2cccnc2Sc2ccc(C)cc2C)nc1. The van der Waals surface area contributed by atoms with Crippen LogP contribution in [0.4, 0.5) is 5.82 Å². The van der Waals surface area contributed by atoms with Crippen LogP contribution in [0.15, 0.2) is 64.8 Å². The van der Waals surface area contributed by atoms with Gasteiger partial charge in [-0.05, 0) is 56.2 Å². The topological polar surface area (TPSA) is 54.9 Å². The number of benzene rings is 1. The molecule has 5 heteroatoms. The fraction of sp³-hybridized carbons (Fsp3) is 0.150. The summed E-state index contributed by atoms with van der Waals surface area (Å²) < 4.78 is 0. The third-order valence-electron chi connectivity index (χ3n) is 3.71. The second kappa shape index (κ2) is 7.49. The van der Waals surface area contributed by atoms with E-state index in [1.165, 1.54) is 22.9 Å². The number of aryl methyl sites for hydroxylation is 3. The summed E-state index contributed by atoms with van der Waals surface area (Å²) in [6.07, 6.45) is 3.43. The molecule has 0 aliphatic carbocycles. The largest absolute Gasteiger partial charge is 0.306 e. The lowest BCUT2D eigenvalue weighted by atomic mass is 10.2. The molecule has 2 heterocycles. The van der Waals surface area contributed by atoms with Gasteiger partial charge in [-0.1, -0.05) is 35.5 Å². The number of nitrogens with one attached hydrogen (secondary N) is 1. The molecule has 0 aliphatic rings. The fourth-order valence-electron chi connectivity index (χ4n) is 2.39. The van der Waals surface area contributed by atoms with Gasteiger partial charge in [0.1, 0.15) is 10.8 Å². The molecule has 1 N–H and O–H groups in total. The molecule has 0 saturated carbocycles. The minimum atomic E-state index is -0.211. The fourth-order valence-corrected chi connectivity index (χ4v) is 3.34. The summed E-state index contributed by atoms with van der Waals surface area (Å²) >= 11 is 1.50. The molecule has 3 rings (SSSR count). The number of carbonyl (C=O) groups excluding carboxylic acids is 1. The molecule has 1 aromatic carbocycles. The van der Waals surface area contributed by atoms with Gasteiger partial charge in [0.25, 0.3) is 5.91 Å². The van der Waals surface area contributed by atoms with Crippen LogP contribution in [0, 0.1) is 20.8 Å². The van der Waals surface area contributed by atoms with E-state index in [4.69, 9.17) is 0 Å². The Morgan fingerprint density at radius 1 is 1.00 bits per heavy atom. The summed E-state index contributed by atoms with van der Waals surface area (Å²) in [5, 5.41) is 3.51. The van der Waals surface area contributed by atoms with Crippen molar-refractivity contribution in [3.63, 3.8) is 0 Å². The quantitative estimate of drug-likeness (QED) is 0.735. The molecular formula is C20H19N3OS. The predicted octanol–water partition coefficient (Wildman–Crippen LogP) is 4.81. The lowest BCUT2D eigenvalue weighted by molar-refractivity contribution is 0.102. The molecular weight excluding hydrogens is 330 g/mol. The van der Waals surface area contributed by atoms with Gasteiger partial charge in [-0.25, -0.2) is 9.97 Å². The van der Waals surface area contributed by atoms with Crippen LogP contribution >= 0.6 is 11.8 Å². The molecule has 25 heavy (non-hydrogen) atoms. The van der Waals surface area contributed by atoms with Gasteiger partial charge in [0.2, 0.25) is 0 Å². The lowest BCUT2D eigenvalue weighted by Crippen LogP contribution is -2.14. The Labute approximate surface area is 151 Å². The van der Waals surface area contributed by atoms with Crippen molar-refractivity contribution in [2.75, 3.05) is 5.32 Å². The van der Waals surface area contributed by atoms with Crippen molar-refractivity contribution in [2.24, 2.45) is 0 Å². The van der Waals surface area contributed by atoms with E-state index in [2.05, 4.69) is 47.3 Å². The number of amides is 1. The third-order valence-corrected chi connectivity index (χ3v) is 4.90. The van der Waals surface area contributed by atoms with Crippen LogP contribution in [0.5, 0.6) is 0 Å². The maximum absolute atomic E-state index is 12.6. The van der Waals surface area contributed by atoms with Gasteiger partial charge in [0.15, 0.2) is 0 Å². The van der Waals surface area contributed by atoms with Gasteiger partial charge in [-0.15, -0.1) is 0 Å². The van der Waals surface area contributed by atoms with E-state index in [1.807, 2.05) is 13.0 Å². The molecule has 0 saturated heterocycles. The molecule has 0 spiro atoms. The summed E-state index contributed by atoms with van der Waals surface area (Å²) in [6, 6.07) is 13.5. The Kier molecular flexibility index (Phi) is 5.14. The van der Waals surface area contributed by atoms with Crippen molar-refractivity contribution in [1.82, 2.24) is 9.97 Å². The van der Waals surface area contributed by atoms with Crippen LogP contribution in [-0.2, 0) is 0 Å². The van der Waals surface area contributed by atoms with Gasteiger partial charge in [0.05, 0.1) is 5.56 Å². The van der Waals surface area contributed by atoms with Crippen molar-refractivity contribution in [1.29, 1.82) is 0 Å². The summed E-state index contributed by atoms with van der Waals surface area (Å²) in [5.74, 6) is 0.318. The average Bonchev–Trinajstić information content (AvgIpc) is 2.60. The van der Waals surface area contributed by atoms with Crippen molar-refractivity contribution in [3.8, 4) is 0 Å². The van der Waals surface area contributed by atoms with Crippen molar-refractivity contribution < 1.29 is 4.79 Å². The van der Waals surface area contributed by atoms with Gasteiger partial charge in [-0.2, -0.15) is 0 Å². The minimum Gasteiger partial charge on any atom is -0.306 e. The molecule has 0 bridgehead atoms. The van der Waals surface area contributed by atoms with E-state index < -0.39 is 0 Å². The second-order valence-corrected chi connectivity index (χ2v) is 6.93. The van der Waals surface area contributed by atoms with E-state index in [0.717, 1.165) is 10.5 Å². The van der Waals surface area contributed by atoms with Crippen LogP contribution in [-0.4, -0.2) is 15.9 Å². The standard InChI is InChI=1S/C20H19N3OS/c1-13-6-8-17(15(3)11-13)25-20-16(5-4-10-21-20)19(24)23-18-9-7-14(2)12-22-18/h4-12H,1-3H3,(H,22,23,24). The molecule has 126 valence electrons. The van der Waals surface area contributed by atoms with E-state index in [-0.39, 0.29) is 5.91 Å². The number of hydrogen-bond acceptors (Lipinski definition) is 4. The lowest BCUT2D eigenvalue weighted by Gasteiger charge is -2.10. The predicted molar refractivity (Wildman–Crippen MR) is 101 cm³/mol. The number of aromatic nitrogens is 2. The first-order chi connectivity index (χ1) is 12.0. The van der Waals surface area contributed by atoms with Gasteiger partial charge < -0.3 is 5.32 Å². The van der Waals surface area contributed by atoms with E-state index in [9.17, 15) is 4.79 Å². The van der Waals surface area contributed by atoms with E-state index in [0.29, 0.717) is 16.4 Å². The maximum Gasteiger partial charge on any atom is 0.259 e. The Bertz CT molecular complexity index is 907.